The number of nitrogens with one attached hydrogen (secondary N) is 1. The second kappa shape index (κ2) is 8.10. The van der Waals surface area contributed by atoms with Gasteiger partial charge in [0, 0.05) is 35.7 Å². The number of H-pyrrole nitrogens is 1. The molecule has 3 aromatic rings. The fourth-order valence-corrected chi connectivity index (χ4v) is 2.72. The van der Waals surface area contributed by atoms with Gasteiger partial charge in [-0.05, 0) is 53.3 Å². The van der Waals surface area contributed by atoms with Crippen LogP contribution in [0.1, 0.15) is 6.42 Å². The molecule has 0 spiro atoms. The van der Waals surface area contributed by atoms with E-state index < -0.39 is 0 Å². The van der Waals surface area contributed by atoms with Crippen molar-refractivity contribution in [1.82, 2.24) is 19.9 Å². The molecule has 1 aromatic carbocycles. The average Bonchev–Trinajstić information content (AvgIpc) is 3.03. The van der Waals surface area contributed by atoms with Crippen molar-refractivity contribution in [3.05, 3.63) is 41.0 Å². The van der Waals surface area contributed by atoms with Gasteiger partial charge >= 0.3 is 0 Å². The Labute approximate surface area is 154 Å². The number of fused-ring (bicyclic) bond motifs is 1. The minimum atomic E-state index is 0.536. The molecule has 0 aliphatic carbocycles. The van der Waals surface area contributed by atoms with Crippen LogP contribution in [0.4, 0.5) is 0 Å². The molecule has 0 saturated heterocycles. The number of imidazole rings is 1. The number of hydrogen-bond acceptors (Lipinski definition) is 5. The Morgan fingerprint density at radius 1 is 1.28 bits per heavy atom. The summed E-state index contributed by atoms with van der Waals surface area (Å²) < 4.78 is 6.66. The molecule has 2 aromatic heterocycles. The topological polar surface area (TPSA) is 77.8 Å². The first-order valence-electron chi connectivity index (χ1n) is 7.96. The third-order valence-corrected chi connectivity index (χ3v) is 4.21. The Morgan fingerprint density at radius 3 is 2.84 bits per heavy atom. The Bertz CT molecular complexity index is 885. The first kappa shape index (κ1) is 17.4. The molecule has 0 aliphatic rings. The summed E-state index contributed by atoms with van der Waals surface area (Å²) in [6, 6.07) is 11.9. The SMILES string of the molecule is CN(CCC#N)CCOc1ccc(-c2nc3ncc(Br)cc3[nH]2)cc1. The zero-order valence-electron chi connectivity index (χ0n) is 13.9. The quantitative estimate of drug-likeness (QED) is 0.656. The van der Waals surface area contributed by atoms with Crippen LogP contribution in [0.2, 0.25) is 0 Å². The van der Waals surface area contributed by atoms with Gasteiger partial charge in [-0.3, -0.25) is 0 Å². The van der Waals surface area contributed by atoms with Gasteiger partial charge in [0.2, 0.25) is 0 Å². The highest BCUT2D eigenvalue weighted by Crippen LogP contribution is 2.23. The van der Waals surface area contributed by atoms with Crippen molar-refractivity contribution in [3.63, 3.8) is 0 Å². The molecule has 0 amide bonds. The van der Waals surface area contributed by atoms with E-state index in [0.29, 0.717) is 18.7 Å². The van der Waals surface area contributed by atoms with Crippen LogP contribution in [0.15, 0.2) is 41.0 Å². The lowest BCUT2D eigenvalue weighted by molar-refractivity contribution is 0.240. The van der Waals surface area contributed by atoms with Crippen LogP contribution in [0.25, 0.3) is 22.6 Å². The number of pyridine rings is 1. The van der Waals surface area contributed by atoms with E-state index in [-0.39, 0.29) is 0 Å². The van der Waals surface area contributed by atoms with Crippen LogP contribution in [-0.2, 0) is 0 Å². The lowest BCUT2D eigenvalue weighted by Crippen LogP contribution is -2.25. The second-order valence-corrected chi connectivity index (χ2v) is 6.61. The molecule has 0 aliphatic heterocycles. The average molecular weight is 400 g/mol. The summed E-state index contributed by atoms with van der Waals surface area (Å²) in [4.78, 5) is 14.1. The van der Waals surface area contributed by atoms with E-state index in [9.17, 15) is 0 Å². The van der Waals surface area contributed by atoms with E-state index in [1.165, 1.54) is 0 Å². The first-order valence-corrected chi connectivity index (χ1v) is 8.75. The number of nitriles is 1. The summed E-state index contributed by atoms with van der Waals surface area (Å²) in [6.07, 6.45) is 2.27. The monoisotopic (exact) mass is 399 g/mol. The molecular formula is C18H18BrN5O. The molecule has 0 unspecified atom stereocenters. The van der Waals surface area contributed by atoms with Crippen molar-refractivity contribution in [2.75, 3.05) is 26.7 Å². The van der Waals surface area contributed by atoms with Gasteiger partial charge in [0.25, 0.3) is 0 Å². The molecule has 25 heavy (non-hydrogen) atoms. The maximum atomic E-state index is 8.58. The van der Waals surface area contributed by atoms with E-state index in [0.717, 1.165) is 40.2 Å². The lowest BCUT2D eigenvalue weighted by atomic mass is 10.2. The van der Waals surface area contributed by atoms with Crippen molar-refractivity contribution < 1.29 is 4.74 Å². The van der Waals surface area contributed by atoms with Crippen molar-refractivity contribution >= 4 is 27.1 Å². The second-order valence-electron chi connectivity index (χ2n) is 5.69. The summed E-state index contributed by atoms with van der Waals surface area (Å²) in [5.74, 6) is 1.60. The number of ether oxygens (including phenoxy) is 1. The molecule has 128 valence electrons. The van der Waals surface area contributed by atoms with Crippen LogP contribution < -0.4 is 4.74 Å². The molecule has 3 rings (SSSR count). The molecule has 0 bridgehead atoms. The zero-order chi connectivity index (χ0) is 17.6. The van der Waals surface area contributed by atoms with Crippen molar-refractivity contribution in [3.8, 4) is 23.2 Å². The molecule has 2 heterocycles. The van der Waals surface area contributed by atoms with Crippen molar-refractivity contribution in [1.29, 1.82) is 5.26 Å². The van der Waals surface area contributed by atoms with Gasteiger partial charge < -0.3 is 14.6 Å². The summed E-state index contributed by atoms with van der Waals surface area (Å²) in [7, 11) is 1.98. The van der Waals surface area contributed by atoms with E-state index in [1.807, 2.05) is 37.4 Å². The summed E-state index contributed by atoms with van der Waals surface area (Å²) in [5, 5.41) is 8.58. The Kier molecular flexibility index (Phi) is 5.64. The van der Waals surface area contributed by atoms with Crippen LogP contribution in [0, 0.1) is 11.3 Å². The minimum Gasteiger partial charge on any atom is -0.492 e. The van der Waals surface area contributed by atoms with Crippen LogP contribution in [0.5, 0.6) is 5.75 Å². The van der Waals surface area contributed by atoms with Gasteiger partial charge in [-0.1, -0.05) is 0 Å². The van der Waals surface area contributed by atoms with Gasteiger partial charge in [0.15, 0.2) is 5.65 Å². The third-order valence-electron chi connectivity index (χ3n) is 3.78. The van der Waals surface area contributed by atoms with E-state index in [1.54, 1.807) is 6.20 Å². The number of aromatic nitrogens is 3. The van der Waals surface area contributed by atoms with E-state index in [4.69, 9.17) is 10.00 Å². The Morgan fingerprint density at radius 2 is 2.08 bits per heavy atom. The van der Waals surface area contributed by atoms with Gasteiger partial charge in [-0.25, -0.2) is 9.97 Å². The molecule has 7 heteroatoms. The number of benzene rings is 1. The van der Waals surface area contributed by atoms with E-state index in [2.05, 4.69) is 41.9 Å². The summed E-state index contributed by atoms with van der Waals surface area (Å²) >= 11 is 3.41. The normalized spacial score (nSPS) is 11.0. The highest BCUT2D eigenvalue weighted by atomic mass is 79.9. The predicted molar refractivity (Wildman–Crippen MR) is 100 cm³/mol. The Hall–Kier alpha value is -2.43. The van der Waals surface area contributed by atoms with Crippen LogP contribution >= 0.6 is 15.9 Å². The fraction of sp³-hybridized carbons (Fsp3) is 0.278. The standard InChI is InChI=1S/C18H18BrN5O/c1-24(8-2-7-20)9-10-25-15-5-3-13(4-6-15)17-22-16-11-14(19)12-21-18(16)23-17/h3-6,11-12H,2,8-10H2,1H3,(H,21,22,23). The Balaban J connectivity index is 1.60. The van der Waals surface area contributed by atoms with Crippen molar-refractivity contribution in [2.45, 2.75) is 6.42 Å². The predicted octanol–water partition coefficient (Wildman–Crippen LogP) is 3.61. The number of nitrogens with zero attached hydrogens (tertiary/aromatic N) is 4. The number of likely N-dealkylation sites (N-methyl/N-ethyl adjacent to an activating group) is 1. The van der Waals surface area contributed by atoms with Crippen LogP contribution in [-0.4, -0.2) is 46.6 Å². The van der Waals surface area contributed by atoms with Crippen LogP contribution in [0.3, 0.4) is 0 Å². The molecule has 0 saturated carbocycles. The smallest absolute Gasteiger partial charge is 0.178 e. The molecule has 0 radical (unpaired) electrons. The third kappa shape index (κ3) is 4.56. The molecule has 1 N–H and O–H groups in total. The summed E-state index contributed by atoms with van der Waals surface area (Å²) in [5.41, 5.74) is 2.57. The van der Waals surface area contributed by atoms with Crippen molar-refractivity contribution in [2.24, 2.45) is 0 Å². The number of hydrogen-bond donors (Lipinski definition) is 1. The summed E-state index contributed by atoms with van der Waals surface area (Å²) in [6.45, 7) is 2.13. The molecule has 0 atom stereocenters. The fourth-order valence-electron chi connectivity index (χ4n) is 2.39. The highest BCUT2D eigenvalue weighted by Gasteiger charge is 2.07. The highest BCUT2D eigenvalue weighted by molar-refractivity contribution is 9.10. The van der Waals surface area contributed by atoms with Gasteiger partial charge in [-0.15, -0.1) is 0 Å². The van der Waals surface area contributed by atoms with Gasteiger partial charge in [-0.2, -0.15) is 5.26 Å². The number of halogens is 1. The minimum absolute atomic E-state index is 0.536. The van der Waals surface area contributed by atoms with Gasteiger partial charge in [0.05, 0.1) is 11.6 Å². The molecular weight excluding hydrogens is 382 g/mol. The zero-order valence-corrected chi connectivity index (χ0v) is 15.5. The number of rotatable bonds is 7. The van der Waals surface area contributed by atoms with Gasteiger partial charge in [0.1, 0.15) is 18.2 Å². The maximum Gasteiger partial charge on any atom is 0.178 e. The first-order chi connectivity index (χ1) is 12.2. The number of aromatic amines is 1. The maximum absolute atomic E-state index is 8.58. The molecule has 0 fully saturated rings. The lowest BCUT2D eigenvalue weighted by Gasteiger charge is -2.15. The largest absolute Gasteiger partial charge is 0.492 e. The van der Waals surface area contributed by atoms with E-state index >= 15 is 0 Å². The molecule has 6 nitrogen and oxygen atoms in total.